The van der Waals surface area contributed by atoms with Gasteiger partial charge in [-0.3, -0.25) is 0 Å². The third-order valence-corrected chi connectivity index (χ3v) is 2.92. The molecule has 3 nitrogen and oxygen atoms in total. The van der Waals surface area contributed by atoms with Gasteiger partial charge in [-0.15, -0.1) is 0 Å². The van der Waals surface area contributed by atoms with Crippen LogP contribution in [0.15, 0.2) is 30.3 Å². The Hall–Kier alpha value is -1.16. The van der Waals surface area contributed by atoms with Crippen LogP contribution in [0.3, 0.4) is 0 Å². The quantitative estimate of drug-likeness (QED) is 0.910. The maximum absolute atomic E-state index is 10.1. The molecule has 17 heavy (non-hydrogen) atoms. The minimum atomic E-state index is -0.895. The lowest BCUT2D eigenvalue weighted by Gasteiger charge is -2.11. The minimum absolute atomic E-state index is 0.410. The molecule has 1 N–H and O–H groups in total. The summed E-state index contributed by atoms with van der Waals surface area (Å²) in [7, 11) is 0. The number of halogens is 2. The summed E-state index contributed by atoms with van der Waals surface area (Å²) >= 11 is 11.8. The highest BCUT2D eigenvalue weighted by molar-refractivity contribution is 6.35. The van der Waals surface area contributed by atoms with Crippen LogP contribution >= 0.6 is 23.2 Å². The molecule has 1 atom stereocenters. The van der Waals surface area contributed by atoms with Crippen molar-refractivity contribution in [2.45, 2.75) is 13.0 Å². The van der Waals surface area contributed by atoms with Crippen molar-refractivity contribution in [1.29, 1.82) is 0 Å². The fourth-order valence-corrected chi connectivity index (χ4v) is 1.95. The first-order chi connectivity index (χ1) is 8.08. The summed E-state index contributed by atoms with van der Waals surface area (Å²) in [5.74, 6) is 0. The average Bonchev–Trinajstić information content (AvgIpc) is 2.29. The van der Waals surface area contributed by atoms with Gasteiger partial charge in [0, 0.05) is 15.6 Å². The van der Waals surface area contributed by atoms with Crippen molar-refractivity contribution >= 4 is 23.2 Å². The number of nitrogens with zero attached hydrogens (tertiary/aromatic N) is 2. The molecule has 5 heteroatoms. The molecule has 0 saturated carbocycles. The van der Waals surface area contributed by atoms with E-state index >= 15 is 0 Å². The van der Waals surface area contributed by atoms with Gasteiger partial charge in [-0.1, -0.05) is 29.3 Å². The van der Waals surface area contributed by atoms with E-state index in [0.29, 0.717) is 21.3 Å². The van der Waals surface area contributed by atoms with Gasteiger partial charge in [0.2, 0.25) is 0 Å². The molecule has 0 aliphatic heterocycles. The zero-order valence-electron chi connectivity index (χ0n) is 9.06. The second-order valence-corrected chi connectivity index (χ2v) is 4.51. The first kappa shape index (κ1) is 12.3. The molecule has 1 aromatic heterocycles. The van der Waals surface area contributed by atoms with Gasteiger partial charge in [-0.25, -0.2) is 0 Å². The van der Waals surface area contributed by atoms with Crippen LogP contribution in [-0.4, -0.2) is 15.3 Å². The monoisotopic (exact) mass is 268 g/mol. The Bertz CT molecular complexity index is 529. The van der Waals surface area contributed by atoms with Crippen molar-refractivity contribution in [1.82, 2.24) is 10.2 Å². The second-order valence-electron chi connectivity index (χ2n) is 3.67. The van der Waals surface area contributed by atoms with Gasteiger partial charge in [0.05, 0.1) is 11.4 Å². The van der Waals surface area contributed by atoms with Crippen LogP contribution in [-0.2, 0) is 0 Å². The van der Waals surface area contributed by atoms with Gasteiger partial charge < -0.3 is 5.11 Å². The lowest BCUT2D eigenvalue weighted by molar-refractivity contribution is 0.214. The van der Waals surface area contributed by atoms with E-state index in [2.05, 4.69) is 10.2 Å². The van der Waals surface area contributed by atoms with E-state index in [1.807, 2.05) is 6.92 Å². The summed E-state index contributed by atoms with van der Waals surface area (Å²) in [6.45, 7) is 1.83. The molecule has 2 rings (SSSR count). The number of rotatable bonds is 2. The van der Waals surface area contributed by atoms with Crippen LogP contribution in [0.4, 0.5) is 0 Å². The van der Waals surface area contributed by atoms with Gasteiger partial charge in [0.1, 0.15) is 6.10 Å². The smallest absolute Gasteiger partial charge is 0.124 e. The molecule has 0 radical (unpaired) electrons. The van der Waals surface area contributed by atoms with Crippen LogP contribution in [0.5, 0.6) is 0 Å². The van der Waals surface area contributed by atoms with E-state index in [0.717, 1.165) is 5.69 Å². The van der Waals surface area contributed by atoms with Gasteiger partial charge in [-0.05, 0) is 31.2 Å². The van der Waals surface area contributed by atoms with Gasteiger partial charge in [0.25, 0.3) is 0 Å². The summed E-state index contributed by atoms with van der Waals surface area (Å²) in [5, 5.41) is 18.9. The molecule has 0 amide bonds. The summed E-state index contributed by atoms with van der Waals surface area (Å²) < 4.78 is 0. The van der Waals surface area contributed by atoms with E-state index < -0.39 is 6.10 Å². The Morgan fingerprint density at radius 3 is 2.47 bits per heavy atom. The van der Waals surface area contributed by atoms with Crippen molar-refractivity contribution in [2.24, 2.45) is 0 Å². The number of hydrogen-bond donors (Lipinski definition) is 1. The number of hydrogen-bond acceptors (Lipinski definition) is 3. The zero-order valence-corrected chi connectivity index (χ0v) is 10.6. The molecule has 88 valence electrons. The SMILES string of the molecule is Cc1ccc(C(O)c2ccc(Cl)cc2Cl)nn1. The Morgan fingerprint density at radius 2 is 1.88 bits per heavy atom. The van der Waals surface area contributed by atoms with Gasteiger partial charge >= 0.3 is 0 Å². The van der Waals surface area contributed by atoms with E-state index in [9.17, 15) is 5.11 Å². The Labute approximate surface area is 109 Å². The maximum atomic E-state index is 10.1. The highest BCUT2D eigenvalue weighted by atomic mass is 35.5. The first-order valence-corrected chi connectivity index (χ1v) is 5.77. The van der Waals surface area contributed by atoms with Crippen molar-refractivity contribution in [3.05, 3.63) is 57.3 Å². The molecule has 1 heterocycles. The normalized spacial score (nSPS) is 12.5. The predicted octanol–water partition coefficient (Wildman–Crippen LogP) is 3.17. The molecule has 0 spiro atoms. The Balaban J connectivity index is 2.36. The molecular weight excluding hydrogens is 259 g/mol. The Kier molecular flexibility index (Phi) is 3.62. The van der Waals surface area contributed by atoms with Gasteiger partial charge in [0.15, 0.2) is 0 Å². The number of aliphatic hydroxyl groups is 1. The molecule has 0 aliphatic carbocycles. The van der Waals surface area contributed by atoms with Crippen LogP contribution < -0.4 is 0 Å². The molecule has 0 aliphatic rings. The molecule has 0 saturated heterocycles. The van der Waals surface area contributed by atoms with Gasteiger partial charge in [-0.2, -0.15) is 10.2 Å². The second kappa shape index (κ2) is 5.00. The molecule has 2 aromatic rings. The average molecular weight is 269 g/mol. The first-order valence-electron chi connectivity index (χ1n) is 5.01. The number of aliphatic hydroxyl groups excluding tert-OH is 1. The summed E-state index contributed by atoms with van der Waals surface area (Å²) in [5.41, 5.74) is 1.82. The summed E-state index contributed by atoms with van der Waals surface area (Å²) in [6, 6.07) is 8.45. The predicted molar refractivity (Wildman–Crippen MR) is 67.3 cm³/mol. The number of aryl methyl sites for hydroxylation is 1. The van der Waals surface area contributed by atoms with Crippen molar-refractivity contribution in [3.8, 4) is 0 Å². The van der Waals surface area contributed by atoms with Crippen LogP contribution in [0.25, 0.3) is 0 Å². The third-order valence-electron chi connectivity index (χ3n) is 2.36. The highest BCUT2D eigenvalue weighted by Gasteiger charge is 2.15. The van der Waals surface area contributed by atoms with E-state index in [-0.39, 0.29) is 0 Å². The van der Waals surface area contributed by atoms with Crippen molar-refractivity contribution in [2.75, 3.05) is 0 Å². The standard InChI is InChI=1S/C12H10Cl2N2O/c1-7-2-5-11(16-15-7)12(17)9-4-3-8(13)6-10(9)14/h2-6,12,17H,1H3. The molecule has 1 unspecified atom stereocenters. The fourth-order valence-electron chi connectivity index (χ4n) is 1.44. The van der Waals surface area contributed by atoms with Crippen molar-refractivity contribution in [3.63, 3.8) is 0 Å². The number of aromatic nitrogens is 2. The van der Waals surface area contributed by atoms with Crippen LogP contribution in [0.2, 0.25) is 10.0 Å². The van der Waals surface area contributed by atoms with Crippen LogP contribution in [0, 0.1) is 6.92 Å². The highest BCUT2D eigenvalue weighted by Crippen LogP contribution is 2.29. The largest absolute Gasteiger partial charge is 0.382 e. The van der Waals surface area contributed by atoms with E-state index in [4.69, 9.17) is 23.2 Å². The lowest BCUT2D eigenvalue weighted by atomic mass is 10.1. The third kappa shape index (κ3) is 2.75. The topological polar surface area (TPSA) is 46.0 Å². The maximum Gasteiger partial charge on any atom is 0.124 e. The molecular formula is C12H10Cl2N2O. The number of benzene rings is 1. The molecule has 0 fully saturated rings. The molecule has 1 aromatic carbocycles. The summed E-state index contributed by atoms with van der Waals surface area (Å²) in [6.07, 6.45) is -0.895. The van der Waals surface area contributed by atoms with E-state index in [1.165, 1.54) is 0 Å². The van der Waals surface area contributed by atoms with E-state index in [1.54, 1.807) is 30.3 Å². The Morgan fingerprint density at radius 1 is 1.12 bits per heavy atom. The summed E-state index contributed by atoms with van der Waals surface area (Å²) in [4.78, 5) is 0. The fraction of sp³-hybridized carbons (Fsp3) is 0.167. The minimum Gasteiger partial charge on any atom is -0.382 e. The van der Waals surface area contributed by atoms with Crippen molar-refractivity contribution < 1.29 is 5.11 Å². The molecule has 0 bridgehead atoms. The zero-order chi connectivity index (χ0) is 12.4. The lowest BCUT2D eigenvalue weighted by Crippen LogP contribution is -2.04. The van der Waals surface area contributed by atoms with Crippen LogP contribution in [0.1, 0.15) is 23.1 Å².